The smallest absolute Gasteiger partial charge is 0.406 e. The minimum absolute atomic E-state index is 0.0906. The van der Waals surface area contributed by atoms with Gasteiger partial charge in [0.15, 0.2) is 0 Å². The van der Waals surface area contributed by atoms with E-state index in [2.05, 4.69) is 15.2 Å². The minimum Gasteiger partial charge on any atom is -0.406 e. The van der Waals surface area contributed by atoms with Gasteiger partial charge in [-0.05, 0) is 56.3 Å². The predicted octanol–water partition coefficient (Wildman–Crippen LogP) is 4.18. The lowest BCUT2D eigenvalue weighted by Crippen LogP contribution is -2.26. The molecule has 0 bridgehead atoms. The number of nitrogens with one attached hydrogen (secondary N) is 1. The topological polar surface area (TPSA) is 39.1 Å². The Morgan fingerprint density at radius 3 is 2.32 bits per heavy atom. The lowest BCUT2D eigenvalue weighted by molar-refractivity contribution is -0.274. The van der Waals surface area contributed by atoms with E-state index in [1.807, 2.05) is 0 Å². The second kappa shape index (κ2) is 6.99. The van der Waals surface area contributed by atoms with E-state index in [4.69, 9.17) is 0 Å². The zero-order valence-corrected chi connectivity index (χ0v) is 13.1. The molecule has 0 spiro atoms. The second-order valence-electron chi connectivity index (χ2n) is 5.77. The summed E-state index contributed by atoms with van der Waals surface area (Å²) < 4.78 is 68.2. The highest BCUT2D eigenvalue weighted by Gasteiger charge is 2.31. The number of halogens is 5. The summed E-state index contributed by atoms with van der Waals surface area (Å²) in [5.41, 5.74) is 0.551. The van der Waals surface area contributed by atoms with E-state index in [-0.39, 0.29) is 17.3 Å². The van der Waals surface area contributed by atoms with Crippen LogP contribution >= 0.6 is 0 Å². The quantitative estimate of drug-likeness (QED) is 0.831. The van der Waals surface area contributed by atoms with Crippen LogP contribution in [0, 0.1) is 0 Å². The zero-order valence-electron chi connectivity index (χ0n) is 13.1. The molecule has 0 unspecified atom stereocenters. The standard InChI is InChI=1S/C16H16F5N3O/c17-15(18)14-9-13(10-5-7-22-8-6-10)23-24(14)11-1-3-12(4-2-11)25-16(19,20)21/h1-4,9-10,15,22H,5-8H2. The first kappa shape index (κ1) is 17.7. The van der Waals surface area contributed by atoms with Gasteiger partial charge in [0.2, 0.25) is 0 Å². The molecule has 9 heteroatoms. The lowest BCUT2D eigenvalue weighted by atomic mass is 9.95. The van der Waals surface area contributed by atoms with Crippen LogP contribution in [0.15, 0.2) is 30.3 Å². The fraction of sp³-hybridized carbons (Fsp3) is 0.438. The van der Waals surface area contributed by atoms with Crippen molar-refractivity contribution in [2.24, 2.45) is 0 Å². The maximum absolute atomic E-state index is 13.3. The first-order chi connectivity index (χ1) is 11.8. The summed E-state index contributed by atoms with van der Waals surface area (Å²) >= 11 is 0. The van der Waals surface area contributed by atoms with Crippen molar-refractivity contribution in [2.75, 3.05) is 13.1 Å². The molecular formula is C16H16F5N3O. The van der Waals surface area contributed by atoms with Crippen LogP contribution in [-0.2, 0) is 0 Å². The van der Waals surface area contributed by atoms with E-state index in [1.54, 1.807) is 0 Å². The molecule has 1 N–H and O–H groups in total. The second-order valence-corrected chi connectivity index (χ2v) is 5.77. The number of hydrogen-bond donors (Lipinski definition) is 1. The third kappa shape index (κ3) is 4.28. The molecule has 1 fully saturated rings. The van der Waals surface area contributed by atoms with Crippen molar-refractivity contribution in [2.45, 2.75) is 31.5 Å². The Bertz CT molecular complexity index is 706. The van der Waals surface area contributed by atoms with Gasteiger partial charge >= 0.3 is 6.36 Å². The van der Waals surface area contributed by atoms with Gasteiger partial charge in [0.1, 0.15) is 11.4 Å². The monoisotopic (exact) mass is 361 g/mol. The molecule has 136 valence electrons. The maximum atomic E-state index is 13.3. The molecule has 2 heterocycles. The van der Waals surface area contributed by atoms with Crippen LogP contribution in [0.4, 0.5) is 22.0 Å². The normalized spacial score (nSPS) is 16.4. The van der Waals surface area contributed by atoms with E-state index in [0.29, 0.717) is 5.69 Å². The Kier molecular flexibility index (Phi) is 4.94. The van der Waals surface area contributed by atoms with Crippen molar-refractivity contribution in [1.29, 1.82) is 0 Å². The third-order valence-corrected chi connectivity index (χ3v) is 4.05. The first-order valence-corrected chi connectivity index (χ1v) is 7.78. The van der Waals surface area contributed by atoms with E-state index < -0.39 is 18.5 Å². The van der Waals surface area contributed by atoms with Gasteiger partial charge in [-0.1, -0.05) is 0 Å². The van der Waals surface area contributed by atoms with Gasteiger partial charge in [0.25, 0.3) is 6.43 Å². The highest BCUT2D eigenvalue weighted by molar-refractivity contribution is 5.39. The third-order valence-electron chi connectivity index (χ3n) is 4.05. The summed E-state index contributed by atoms with van der Waals surface area (Å²) in [5.74, 6) is -0.326. The average Bonchev–Trinajstić information content (AvgIpc) is 3.00. The van der Waals surface area contributed by atoms with Crippen LogP contribution in [0.3, 0.4) is 0 Å². The van der Waals surface area contributed by atoms with Crippen molar-refractivity contribution < 1.29 is 26.7 Å². The summed E-state index contributed by atoms with van der Waals surface area (Å²) in [6, 6.07) is 6.06. The predicted molar refractivity (Wildman–Crippen MR) is 80.0 cm³/mol. The van der Waals surface area contributed by atoms with E-state index in [9.17, 15) is 22.0 Å². The molecule has 0 aliphatic carbocycles. The van der Waals surface area contributed by atoms with E-state index in [0.717, 1.165) is 42.7 Å². The fourth-order valence-corrected chi connectivity index (χ4v) is 2.88. The number of benzene rings is 1. The maximum Gasteiger partial charge on any atom is 0.573 e. The van der Waals surface area contributed by atoms with E-state index in [1.165, 1.54) is 18.2 Å². The molecule has 25 heavy (non-hydrogen) atoms. The molecule has 1 aliphatic rings. The molecule has 4 nitrogen and oxygen atoms in total. The Balaban J connectivity index is 1.88. The molecule has 2 aromatic rings. The van der Waals surface area contributed by atoms with Crippen molar-refractivity contribution in [1.82, 2.24) is 15.1 Å². The van der Waals surface area contributed by atoms with Gasteiger partial charge in [-0.2, -0.15) is 5.10 Å². The van der Waals surface area contributed by atoms with Crippen LogP contribution in [0.25, 0.3) is 5.69 Å². The van der Waals surface area contributed by atoms with Crippen molar-refractivity contribution in [3.05, 3.63) is 41.7 Å². The largest absolute Gasteiger partial charge is 0.573 e. The Hall–Kier alpha value is -2.16. The number of nitrogens with zero attached hydrogens (tertiary/aromatic N) is 2. The average molecular weight is 361 g/mol. The molecule has 1 aromatic heterocycles. The van der Waals surface area contributed by atoms with Gasteiger partial charge in [-0.3, -0.25) is 0 Å². The highest BCUT2D eigenvalue weighted by atomic mass is 19.4. The molecule has 1 aromatic carbocycles. The summed E-state index contributed by atoms with van der Waals surface area (Å²) in [5, 5.41) is 7.47. The number of ether oxygens (including phenoxy) is 1. The summed E-state index contributed by atoms with van der Waals surface area (Å²) in [6.07, 6.45) is -5.94. The number of aromatic nitrogens is 2. The van der Waals surface area contributed by atoms with Gasteiger partial charge in [-0.25, -0.2) is 13.5 Å². The van der Waals surface area contributed by atoms with Gasteiger partial charge in [-0.15, -0.1) is 13.2 Å². The SMILES string of the molecule is FC(F)c1cc(C2CCNCC2)nn1-c1ccc(OC(F)(F)F)cc1. The van der Waals surface area contributed by atoms with Gasteiger partial charge in [0.05, 0.1) is 11.4 Å². The summed E-state index contributed by atoms with van der Waals surface area (Å²) in [6.45, 7) is 1.59. The highest BCUT2D eigenvalue weighted by Crippen LogP contribution is 2.31. The van der Waals surface area contributed by atoms with Crippen molar-refractivity contribution in [3.63, 3.8) is 0 Å². The summed E-state index contributed by atoms with van der Waals surface area (Å²) in [7, 11) is 0. The number of piperidine rings is 1. The number of hydrogen-bond acceptors (Lipinski definition) is 3. The van der Waals surface area contributed by atoms with Crippen LogP contribution in [-0.4, -0.2) is 29.2 Å². The van der Waals surface area contributed by atoms with Crippen LogP contribution in [0.1, 0.15) is 36.6 Å². The molecule has 3 rings (SSSR count). The number of rotatable bonds is 4. The Labute approximate surface area is 140 Å². The summed E-state index contributed by atoms with van der Waals surface area (Å²) in [4.78, 5) is 0. The molecule has 1 saturated heterocycles. The fourth-order valence-electron chi connectivity index (χ4n) is 2.88. The van der Waals surface area contributed by atoms with Crippen LogP contribution in [0.2, 0.25) is 0 Å². The van der Waals surface area contributed by atoms with Gasteiger partial charge < -0.3 is 10.1 Å². The number of alkyl halides is 5. The van der Waals surface area contributed by atoms with Crippen molar-refractivity contribution in [3.8, 4) is 11.4 Å². The Morgan fingerprint density at radius 2 is 1.76 bits per heavy atom. The van der Waals surface area contributed by atoms with Crippen LogP contribution < -0.4 is 10.1 Å². The lowest BCUT2D eigenvalue weighted by Gasteiger charge is -2.20. The minimum atomic E-state index is -4.80. The Morgan fingerprint density at radius 1 is 1.12 bits per heavy atom. The van der Waals surface area contributed by atoms with Crippen molar-refractivity contribution >= 4 is 0 Å². The molecular weight excluding hydrogens is 345 g/mol. The van der Waals surface area contributed by atoms with Crippen LogP contribution in [0.5, 0.6) is 5.75 Å². The van der Waals surface area contributed by atoms with E-state index >= 15 is 0 Å². The molecule has 1 aliphatic heterocycles. The first-order valence-electron chi connectivity index (χ1n) is 7.78. The molecule has 0 amide bonds. The van der Waals surface area contributed by atoms with Gasteiger partial charge in [0, 0.05) is 5.92 Å². The molecule has 0 saturated carbocycles. The molecule has 0 atom stereocenters. The molecule has 0 radical (unpaired) electrons. The zero-order chi connectivity index (χ0) is 18.0.